The lowest BCUT2D eigenvalue weighted by molar-refractivity contribution is -0.153. The Hall–Kier alpha value is -3.08. The highest BCUT2D eigenvalue weighted by Crippen LogP contribution is 2.32. The highest BCUT2D eigenvalue weighted by atomic mass is 16.5. The number of ether oxygens (including phenoxy) is 1. The van der Waals surface area contributed by atoms with E-state index in [1.807, 2.05) is 61.7 Å². The molecule has 2 atom stereocenters. The van der Waals surface area contributed by atoms with Gasteiger partial charge in [-0.15, -0.1) is 0 Å². The number of esters is 1. The van der Waals surface area contributed by atoms with Crippen LogP contribution >= 0.6 is 0 Å². The molecule has 4 rings (SSSR count). The van der Waals surface area contributed by atoms with Crippen LogP contribution in [0.1, 0.15) is 25.0 Å². The number of fused-ring (bicyclic) bond motifs is 2. The summed E-state index contributed by atoms with van der Waals surface area (Å²) in [6.07, 6.45) is 1.94. The van der Waals surface area contributed by atoms with E-state index in [2.05, 4.69) is 4.98 Å². The fourth-order valence-corrected chi connectivity index (χ4v) is 3.82. The van der Waals surface area contributed by atoms with E-state index >= 15 is 0 Å². The number of benzene rings is 2. The van der Waals surface area contributed by atoms with Crippen molar-refractivity contribution in [3.05, 3.63) is 65.9 Å². The monoisotopic (exact) mass is 362 g/mol. The molecule has 5 heteroatoms. The topological polar surface area (TPSA) is 62.4 Å². The third kappa shape index (κ3) is 3.21. The second-order valence-electron chi connectivity index (χ2n) is 7.06. The summed E-state index contributed by atoms with van der Waals surface area (Å²) in [4.78, 5) is 30.2. The number of anilines is 1. The first-order chi connectivity index (χ1) is 13.0. The molecule has 5 nitrogen and oxygen atoms in total. The standard InChI is InChI=1S/C22H22N2O3/c1-14-11-16-7-3-6-10-20(16)24(14)22(26)15(2)27-21(25)12-17-13-23-19-9-5-4-8-18(17)19/h3-10,13-15,23H,11-12H2,1-2H3/t14-,15+/m0/s1. The van der Waals surface area contributed by atoms with Gasteiger partial charge < -0.3 is 14.6 Å². The predicted molar refractivity (Wildman–Crippen MR) is 105 cm³/mol. The van der Waals surface area contributed by atoms with Crippen molar-refractivity contribution >= 4 is 28.5 Å². The van der Waals surface area contributed by atoms with Crippen molar-refractivity contribution in [2.24, 2.45) is 0 Å². The Balaban J connectivity index is 1.45. The van der Waals surface area contributed by atoms with Crippen molar-refractivity contribution in [1.82, 2.24) is 4.98 Å². The van der Waals surface area contributed by atoms with Gasteiger partial charge in [-0.1, -0.05) is 36.4 Å². The normalized spacial score (nSPS) is 17.0. The van der Waals surface area contributed by atoms with Gasteiger partial charge in [-0.3, -0.25) is 9.59 Å². The van der Waals surface area contributed by atoms with Crippen molar-refractivity contribution in [2.45, 2.75) is 38.8 Å². The molecule has 2 aromatic carbocycles. The van der Waals surface area contributed by atoms with Crippen LogP contribution in [-0.2, 0) is 27.2 Å². The van der Waals surface area contributed by atoms with Crippen LogP contribution in [-0.4, -0.2) is 29.0 Å². The van der Waals surface area contributed by atoms with Gasteiger partial charge in [0.25, 0.3) is 5.91 Å². The molecular formula is C22H22N2O3. The zero-order valence-electron chi connectivity index (χ0n) is 15.4. The largest absolute Gasteiger partial charge is 0.452 e. The first kappa shape index (κ1) is 17.3. The Morgan fingerprint density at radius 2 is 1.93 bits per heavy atom. The minimum absolute atomic E-state index is 0.0599. The summed E-state index contributed by atoms with van der Waals surface area (Å²) in [5.41, 5.74) is 3.91. The summed E-state index contributed by atoms with van der Waals surface area (Å²) < 4.78 is 5.47. The van der Waals surface area contributed by atoms with E-state index in [9.17, 15) is 9.59 Å². The van der Waals surface area contributed by atoms with Gasteiger partial charge in [0, 0.05) is 28.8 Å². The van der Waals surface area contributed by atoms with Gasteiger partial charge >= 0.3 is 5.97 Å². The van der Waals surface area contributed by atoms with E-state index in [0.29, 0.717) is 0 Å². The maximum absolute atomic E-state index is 12.9. The molecule has 0 aliphatic carbocycles. The highest BCUT2D eigenvalue weighted by Gasteiger charge is 2.34. The van der Waals surface area contributed by atoms with Gasteiger partial charge in [0.2, 0.25) is 0 Å². The fraction of sp³-hybridized carbons (Fsp3) is 0.273. The number of carbonyl (C=O) groups is 2. The van der Waals surface area contributed by atoms with Crippen molar-refractivity contribution in [1.29, 1.82) is 0 Å². The smallest absolute Gasteiger partial charge is 0.311 e. The number of H-pyrrole nitrogens is 1. The molecule has 0 saturated heterocycles. The number of hydrogen-bond acceptors (Lipinski definition) is 3. The molecular weight excluding hydrogens is 340 g/mol. The third-order valence-corrected chi connectivity index (χ3v) is 5.11. The van der Waals surface area contributed by atoms with E-state index in [-0.39, 0.29) is 18.4 Å². The van der Waals surface area contributed by atoms with E-state index in [4.69, 9.17) is 4.74 Å². The van der Waals surface area contributed by atoms with E-state index in [1.165, 1.54) is 0 Å². The molecule has 1 N–H and O–H groups in total. The van der Waals surface area contributed by atoms with Crippen LogP contribution < -0.4 is 4.90 Å². The summed E-state index contributed by atoms with van der Waals surface area (Å²) in [6.45, 7) is 3.65. The third-order valence-electron chi connectivity index (χ3n) is 5.11. The minimum Gasteiger partial charge on any atom is -0.452 e. The first-order valence-electron chi connectivity index (χ1n) is 9.20. The van der Waals surface area contributed by atoms with Gasteiger partial charge in [0.15, 0.2) is 6.10 Å². The van der Waals surface area contributed by atoms with Gasteiger partial charge in [0.1, 0.15) is 0 Å². The fourth-order valence-electron chi connectivity index (χ4n) is 3.82. The van der Waals surface area contributed by atoms with Crippen molar-refractivity contribution in [3.8, 4) is 0 Å². The van der Waals surface area contributed by atoms with Gasteiger partial charge in [-0.2, -0.15) is 0 Å². The molecule has 0 saturated carbocycles. The van der Waals surface area contributed by atoms with Crippen LogP contribution in [0.3, 0.4) is 0 Å². The molecule has 0 fully saturated rings. The van der Waals surface area contributed by atoms with Crippen molar-refractivity contribution in [2.75, 3.05) is 4.90 Å². The van der Waals surface area contributed by atoms with E-state index in [1.54, 1.807) is 11.8 Å². The maximum atomic E-state index is 12.9. The predicted octanol–water partition coefficient (Wildman–Crippen LogP) is 3.62. The highest BCUT2D eigenvalue weighted by molar-refractivity contribution is 6.00. The molecule has 1 aromatic heterocycles. The second-order valence-corrected chi connectivity index (χ2v) is 7.06. The number of amides is 1. The van der Waals surface area contributed by atoms with E-state index in [0.717, 1.165) is 34.1 Å². The number of nitrogens with one attached hydrogen (secondary N) is 1. The lowest BCUT2D eigenvalue weighted by atomic mass is 10.1. The molecule has 138 valence electrons. The number of aromatic amines is 1. The number of carbonyl (C=O) groups excluding carboxylic acids is 2. The maximum Gasteiger partial charge on any atom is 0.311 e. The number of aromatic nitrogens is 1. The molecule has 27 heavy (non-hydrogen) atoms. The molecule has 1 aliphatic rings. The van der Waals surface area contributed by atoms with Crippen molar-refractivity contribution in [3.63, 3.8) is 0 Å². The van der Waals surface area contributed by atoms with Gasteiger partial charge in [0.05, 0.1) is 6.42 Å². The Labute approximate surface area is 157 Å². The number of hydrogen-bond donors (Lipinski definition) is 1. The number of nitrogens with zero attached hydrogens (tertiary/aromatic N) is 1. The zero-order chi connectivity index (χ0) is 19.0. The SMILES string of the molecule is C[C@@H](OC(=O)Cc1c[nH]c2ccccc12)C(=O)N1c2ccccc2C[C@@H]1C. The van der Waals surface area contributed by atoms with Crippen LogP contribution in [0.25, 0.3) is 10.9 Å². The molecule has 0 spiro atoms. The van der Waals surface area contributed by atoms with Crippen LogP contribution in [0, 0.1) is 0 Å². The Morgan fingerprint density at radius 1 is 1.19 bits per heavy atom. The zero-order valence-corrected chi connectivity index (χ0v) is 15.4. The molecule has 0 unspecified atom stereocenters. The molecule has 0 bridgehead atoms. The lowest BCUT2D eigenvalue weighted by Crippen LogP contribution is -2.43. The van der Waals surface area contributed by atoms with Crippen LogP contribution in [0.2, 0.25) is 0 Å². The summed E-state index contributed by atoms with van der Waals surface area (Å²) in [5, 5.41) is 0.996. The van der Waals surface area contributed by atoms with Gasteiger partial charge in [-0.25, -0.2) is 0 Å². The number of para-hydroxylation sites is 2. The molecule has 3 aromatic rings. The van der Waals surface area contributed by atoms with Crippen molar-refractivity contribution < 1.29 is 14.3 Å². The molecule has 1 amide bonds. The lowest BCUT2D eigenvalue weighted by Gasteiger charge is -2.25. The molecule has 0 radical (unpaired) electrons. The minimum atomic E-state index is -0.823. The average Bonchev–Trinajstić information content (AvgIpc) is 3.21. The summed E-state index contributed by atoms with van der Waals surface area (Å²) >= 11 is 0. The quantitative estimate of drug-likeness (QED) is 0.721. The van der Waals surface area contributed by atoms with E-state index < -0.39 is 12.1 Å². The summed E-state index contributed by atoms with van der Waals surface area (Å²) in [7, 11) is 0. The first-order valence-corrected chi connectivity index (χ1v) is 9.20. The molecule has 1 aliphatic heterocycles. The Bertz CT molecular complexity index is 1010. The number of rotatable bonds is 4. The Morgan fingerprint density at radius 3 is 2.78 bits per heavy atom. The summed E-state index contributed by atoms with van der Waals surface area (Å²) in [6, 6.07) is 15.7. The van der Waals surface area contributed by atoms with Crippen LogP contribution in [0.5, 0.6) is 0 Å². The Kier molecular flexibility index (Phi) is 4.44. The molecule has 2 heterocycles. The van der Waals surface area contributed by atoms with Crippen LogP contribution in [0.15, 0.2) is 54.7 Å². The average molecular weight is 362 g/mol. The second kappa shape index (κ2) is 6.91. The van der Waals surface area contributed by atoms with Crippen LogP contribution in [0.4, 0.5) is 5.69 Å². The summed E-state index contributed by atoms with van der Waals surface area (Å²) in [5.74, 6) is -0.583. The van der Waals surface area contributed by atoms with Gasteiger partial charge in [-0.05, 0) is 43.5 Å².